The maximum absolute atomic E-state index is 13.7. The van der Waals surface area contributed by atoms with Gasteiger partial charge in [0.1, 0.15) is 12.1 Å². The highest BCUT2D eigenvalue weighted by molar-refractivity contribution is 6.35. The molecular formula is C30H31Cl2N3O4. The summed E-state index contributed by atoms with van der Waals surface area (Å²) in [4.78, 5) is 40.8. The van der Waals surface area contributed by atoms with Crippen LogP contribution in [0.1, 0.15) is 63.6 Å². The number of anilines is 2. The van der Waals surface area contributed by atoms with Gasteiger partial charge in [-0.05, 0) is 75.0 Å². The Morgan fingerprint density at radius 1 is 0.974 bits per heavy atom. The van der Waals surface area contributed by atoms with Crippen LogP contribution >= 0.6 is 24.0 Å². The van der Waals surface area contributed by atoms with Crippen LogP contribution in [-0.2, 0) is 9.53 Å². The second-order valence-corrected chi connectivity index (χ2v) is 10.1. The van der Waals surface area contributed by atoms with Crippen LogP contribution < -0.4 is 15.5 Å². The molecule has 0 radical (unpaired) electrons. The monoisotopic (exact) mass is 567 g/mol. The van der Waals surface area contributed by atoms with E-state index < -0.39 is 6.10 Å². The van der Waals surface area contributed by atoms with Crippen LogP contribution in [0.15, 0.2) is 66.7 Å². The minimum atomic E-state index is -0.423. The summed E-state index contributed by atoms with van der Waals surface area (Å²) in [5.41, 5.74) is 3.79. The molecule has 3 aromatic carbocycles. The van der Waals surface area contributed by atoms with Crippen molar-refractivity contribution in [2.75, 3.05) is 23.3 Å². The quantitative estimate of drug-likeness (QED) is 0.364. The van der Waals surface area contributed by atoms with Gasteiger partial charge in [0.2, 0.25) is 0 Å². The average Bonchev–Trinajstić information content (AvgIpc) is 3.40. The normalized spacial score (nSPS) is 18.4. The van der Waals surface area contributed by atoms with Crippen LogP contribution in [0.4, 0.5) is 11.4 Å². The van der Waals surface area contributed by atoms with E-state index in [-0.39, 0.29) is 41.3 Å². The third-order valence-electron chi connectivity index (χ3n) is 7.12. The maximum atomic E-state index is 13.7. The summed E-state index contributed by atoms with van der Waals surface area (Å²) in [5, 5.41) is 6.29. The second kappa shape index (κ2) is 12.6. The van der Waals surface area contributed by atoms with E-state index in [0.29, 0.717) is 41.9 Å². The number of amides is 2. The standard InChI is InChI=1S/C30H30ClN3O4.ClH/c1-19-8-2-3-9-21(19)28(35)33-20-14-15-22(24(31)18-20)29(36)34-17-7-13-27(23-10-4-5-12-26(23)34)38-30(37)25-11-6-16-32-25;/h2-5,8-10,12,14-15,18,25,27,32H,6-7,11,13,16-17H2,1H3,(H,33,35);1H/t25-,27?;/m0./s1. The van der Waals surface area contributed by atoms with Crippen molar-refractivity contribution in [3.05, 3.63) is 94.0 Å². The van der Waals surface area contributed by atoms with E-state index in [9.17, 15) is 14.4 Å². The first-order valence-electron chi connectivity index (χ1n) is 12.9. The Hall–Kier alpha value is -3.39. The van der Waals surface area contributed by atoms with Gasteiger partial charge in [0.15, 0.2) is 0 Å². The van der Waals surface area contributed by atoms with Crippen molar-refractivity contribution < 1.29 is 19.1 Å². The molecule has 0 bridgehead atoms. The molecular weight excluding hydrogens is 537 g/mol. The number of fused-ring (bicyclic) bond motifs is 1. The van der Waals surface area contributed by atoms with Crippen LogP contribution in [0, 0.1) is 6.92 Å². The van der Waals surface area contributed by atoms with E-state index in [1.165, 1.54) is 0 Å². The molecule has 39 heavy (non-hydrogen) atoms. The van der Waals surface area contributed by atoms with Gasteiger partial charge in [-0.15, -0.1) is 12.4 Å². The molecule has 3 aromatic rings. The molecule has 204 valence electrons. The second-order valence-electron chi connectivity index (χ2n) is 9.70. The minimum absolute atomic E-state index is 0. The number of halogens is 2. The molecule has 1 saturated heterocycles. The molecule has 2 atom stereocenters. The van der Waals surface area contributed by atoms with E-state index in [1.807, 2.05) is 49.4 Å². The smallest absolute Gasteiger partial charge is 0.323 e. The molecule has 2 amide bonds. The Bertz CT molecular complexity index is 1370. The molecule has 2 aliphatic heterocycles. The van der Waals surface area contributed by atoms with Gasteiger partial charge in [0, 0.05) is 23.4 Å². The van der Waals surface area contributed by atoms with Gasteiger partial charge in [-0.1, -0.05) is 48.0 Å². The van der Waals surface area contributed by atoms with Crippen LogP contribution in [0.25, 0.3) is 0 Å². The van der Waals surface area contributed by atoms with E-state index >= 15 is 0 Å². The number of benzene rings is 3. The van der Waals surface area contributed by atoms with E-state index in [4.69, 9.17) is 16.3 Å². The molecule has 1 fully saturated rings. The zero-order valence-corrected chi connectivity index (χ0v) is 23.2. The molecule has 7 nitrogen and oxygen atoms in total. The third kappa shape index (κ3) is 6.27. The van der Waals surface area contributed by atoms with Gasteiger partial charge in [0.05, 0.1) is 16.3 Å². The number of rotatable bonds is 5. The Labute approximate surface area is 239 Å². The molecule has 2 heterocycles. The van der Waals surface area contributed by atoms with Crippen molar-refractivity contribution in [1.29, 1.82) is 0 Å². The fraction of sp³-hybridized carbons (Fsp3) is 0.300. The molecule has 0 aliphatic carbocycles. The Morgan fingerprint density at radius 3 is 2.49 bits per heavy atom. The third-order valence-corrected chi connectivity index (χ3v) is 7.43. The number of esters is 1. The van der Waals surface area contributed by atoms with Gasteiger partial charge in [-0.3, -0.25) is 14.4 Å². The summed E-state index contributed by atoms with van der Waals surface area (Å²) >= 11 is 6.57. The van der Waals surface area contributed by atoms with E-state index in [2.05, 4.69) is 10.6 Å². The summed E-state index contributed by atoms with van der Waals surface area (Å²) in [6, 6.07) is 19.5. The minimum Gasteiger partial charge on any atom is -0.456 e. The average molecular weight is 569 g/mol. The van der Waals surface area contributed by atoms with Gasteiger partial charge in [-0.25, -0.2) is 0 Å². The van der Waals surface area contributed by atoms with E-state index in [1.54, 1.807) is 29.2 Å². The number of para-hydroxylation sites is 1. The fourth-order valence-corrected chi connectivity index (χ4v) is 5.36. The molecule has 2 N–H and O–H groups in total. The largest absolute Gasteiger partial charge is 0.456 e. The van der Waals surface area contributed by atoms with Crippen molar-refractivity contribution in [2.24, 2.45) is 0 Å². The Balaban J connectivity index is 0.00000353. The number of hydrogen-bond acceptors (Lipinski definition) is 5. The SMILES string of the molecule is Cc1ccccc1C(=O)Nc1ccc(C(=O)N2CCCC(OC(=O)[C@@H]3CCCN3)c3ccccc32)c(Cl)c1.Cl. The predicted molar refractivity (Wildman–Crippen MR) is 155 cm³/mol. The topological polar surface area (TPSA) is 87.7 Å². The number of hydrogen-bond donors (Lipinski definition) is 2. The van der Waals surface area contributed by atoms with Crippen LogP contribution in [-0.4, -0.2) is 36.9 Å². The highest BCUT2D eigenvalue weighted by Crippen LogP contribution is 2.37. The van der Waals surface area contributed by atoms with Gasteiger partial charge in [0.25, 0.3) is 11.8 Å². The Morgan fingerprint density at radius 2 is 1.74 bits per heavy atom. The lowest BCUT2D eigenvalue weighted by molar-refractivity contribution is -0.152. The number of carbonyl (C=O) groups excluding carboxylic acids is 3. The van der Waals surface area contributed by atoms with Crippen molar-refractivity contribution in [3.63, 3.8) is 0 Å². The molecule has 0 saturated carbocycles. The lowest BCUT2D eigenvalue weighted by Gasteiger charge is -2.25. The number of ether oxygens (including phenoxy) is 1. The van der Waals surface area contributed by atoms with Crippen molar-refractivity contribution in [3.8, 4) is 0 Å². The number of carbonyl (C=O) groups is 3. The lowest BCUT2D eigenvalue weighted by atomic mass is 10.0. The summed E-state index contributed by atoms with van der Waals surface area (Å²) in [6.07, 6.45) is 2.60. The molecule has 0 spiro atoms. The molecule has 0 aromatic heterocycles. The molecule has 9 heteroatoms. The van der Waals surface area contributed by atoms with Crippen molar-refractivity contribution in [2.45, 2.75) is 44.8 Å². The maximum Gasteiger partial charge on any atom is 0.323 e. The highest BCUT2D eigenvalue weighted by Gasteiger charge is 2.32. The first-order chi connectivity index (χ1) is 18.4. The zero-order chi connectivity index (χ0) is 26.6. The predicted octanol–water partition coefficient (Wildman–Crippen LogP) is 6.10. The van der Waals surface area contributed by atoms with Crippen molar-refractivity contribution in [1.82, 2.24) is 5.32 Å². The van der Waals surface area contributed by atoms with Gasteiger partial charge >= 0.3 is 5.97 Å². The summed E-state index contributed by atoms with van der Waals surface area (Å²) in [7, 11) is 0. The first kappa shape index (κ1) is 28.6. The van der Waals surface area contributed by atoms with Crippen molar-refractivity contribution >= 4 is 53.2 Å². The molecule has 5 rings (SSSR count). The van der Waals surface area contributed by atoms with Gasteiger partial charge in [-0.2, -0.15) is 0 Å². The first-order valence-corrected chi connectivity index (χ1v) is 13.3. The number of nitrogens with one attached hydrogen (secondary N) is 2. The fourth-order valence-electron chi connectivity index (χ4n) is 5.10. The Kier molecular flexibility index (Phi) is 9.28. The lowest BCUT2D eigenvalue weighted by Crippen LogP contribution is -2.33. The van der Waals surface area contributed by atoms with E-state index in [0.717, 1.165) is 30.5 Å². The summed E-state index contributed by atoms with van der Waals surface area (Å²) < 4.78 is 5.93. The number of aryl methyl sites for hydroxylation is 1. The highest BCUT2D eigenvalue weighted by atomic mass is 35.5. The number of nitrogens with zero attached hydrogens (tertiary/aromatic N) is 1. The molecule has 1 unspecified atom stereocenters. The zero-order valence-electron chi connectivity index (χ0n) is 21.6. The van der Waals surface area contributed by atoms with Crippen LogP contribution in [0.3, 0.4) is 0 Å². The van der Waals surface area contributed by atoms with Crippen LogP contribution in [0.2, 0.25) is 5.02 Å². The summed E-state index contributed by atoms with van der Waals surface area (Å²) in [5.74, 6) is -0.731. The van der Waals surface area contributed by atoms with Gasteiger partial charge < -0.3 is 20.3 Å². The molecule has 2 aliphatic rings. The van der Waals surface area contributed by atoms with Crippen LogP contribution in [0.5, 0.6) is 0 Å². The summed E-state index contributed by atoms with van der Waals surface area (Å²) in [6.45, 7) is 3.16.